The van der Waals surface area contributed by atoms with E-state index in [4.69, 9.17) is 5.26 Å². The lowest BCUT2D eigenvalue weighted by Gasteiger charge is -1.92. The van der Waals surface area contributed by atoms with Gasteiger partial charge in [0.2, 0.25) is 5.95 Å². The number of hydrogen-bond donors (Lipinski definition) is 1. The molecular weight excluding hydrogens is 190 g/mol. The summed E-state index contributed by atoms with van der Waals surface area (Å²) in [4.78, 5) is 6.68. The SMILES string of the molecule is N#Cc1ccccc1/N=N/c1ncc[nH]1. The van der Waals surface area contributed by atoms with E-state index in [2.05, 4.69) is 20.2 Å². The van der Waals surface area contributed by atoms with Crippen LogP contribution in [0.3, 0.4) is 0 Å². The third-order valence-electron chi connectivity index (χ3n) is 1.76. The molecule has 0 saturated carbocycles. The van der Waals surface area contributed by atoms with Crippen molar-refractivity contribution >= 4 is 11.6 Å². The van der Waals surface area contributed by atoms with Gasteiger partial charge < -0.3 is 4.98 Å². The zero-order chi connectivity index (χ0) is 10.5. The van der Waals surface area contributed by atoms with Crippen molar-refractivity contribution in [2.45, 2.75) is 0 Å². The van der Waals surface area contributed by atoms with Crippen molar-refractivity contribution in [3.05, 3.63) is 42.2 Å². The van der Waals surface area contributed by atoms with Gasteiger partial charge in [-0.3, -0.25) is 0 Å². The molecule has 0 saturated heterocycles. The second kappa shape index (κ2) is 4.15. The van der Waals surface area contributed by atoms with Gasteiger partial charge in [-0.2, -0.15) is 5.26 Å². The highest BCUT2D eigenvalue weighted by molar-refractivity contribution is 5.52. The van der Waals surface area contributed by atoms with Crippen LogP contribution in [0, 0.1) is 11.3 Å². The fourth-order valence-electron chi connectivity index (χ4n) is 1.07. The Morgan fingerprint density at radius 3 is 2.87 bits per heavy atom. The highest BCUT2D eigenvalue weighted by Crippen LogP contribution is 2.19. The standard InChI is InChI=1S/C10H7N5/c11-7-8-3-1-2-4-9(8)14-15-10-12-5-6-13-10/h1-6H,(H,12,13)/b15-14+. The molecular formula is C10H7N5. The van der Waals surface area contributed by atoms with Crippen molar-refractivity contribution in [3.8, 4) is 6.07 Å². The van der Waals surface area contributed by atoms with E-state index >= 15 is 0 Å². The van der Waals surface area contributed by atoms with Crippen molar-refractivity contribution in [1.82, 2.24) is 9.97 Å². The molecule has 5 nitrogen and oxygen atoms in total. The molecule has 0 aliphatic rings. The van der Waals surface area contributed by atoms with E-state index in [-0.39, 0.29) is 0 Å². The van der Waals surface area contributed by atoms with Crippen LogP contribution < -0.4 is 0 Å². The molecule has 0 radical (unpaired) electrons. The molecule has 0 amide bonds. The smallest absolute Gasteiger partial charge is 0.246 e. The minimum Gasteiger partial charge on any atom is -0.328 e. The van der Waals surface area contributed by atoms with Crippen molar-refractivity contribution in [2.24, 2.45) is 10.2 Å². The van der Waals surface area contributed by atoms with Gasteiger partial charge in [-0.05, 0) is 12.1 Å². The van der Waals surface area contributed by atoms with Crippen LogP contribution in [0.4, 0.5) is 11.6 Å². The first-order valence-electron chi connectivity index (χ1n) is 4.30. The largest absolute Gasteiger partial charge is 0.328 e. The second-order valence-electron chi connectivity index (χ2n) is 2.74. The van der Waals surface area contributed by atoms with Gasteiger partial charge in [-0.1, -0.05) is 12.1 Å². The first kappa shape index (κ1) is 9.09. The van der Waals surface area contributed by atoms with Gasteiger partial charge in [-0.25, -0.2) is 4.98 Å². The number of azo groups is 1. The van der Waals surface area contributed by atoms with E-state index in [0.29, 0.717) is 17.2 Å². The summed E-state index contributed by atoms with van der Waals surface area (Å²) in [6.07, 6.45) is 3.25. The monoisotopic (exact) mass is 197 g/mol. The molecule has 72 valence electrons. The lowest BCUT2D eigenvalue weighted by molar-refractivity contribution is 1.12. The summed E-state index contributed by atoms with van der Waals surface area (Å²) in [6.45, 7) is 0. The average molecular weight is 197 g/mol. The zero-order valence-corrected chi connectivity index (χ0v) is 7.75. The van der Waals surface area contributed by atoms with Crippen LogP contribution in [0.25, 0.3) is 0 Å². The second-order valence-corrected chi connectivity index (χ2v) is 2.74. The molecule has 2 aromatic rings. The number of benzene rings is 1. The van der Waals surface area contributed by atoms with E-state index in [1.165, 1.54) is 0 Å². The Labute approximate surface area is 86.1 Å². The number of H-pyrrole nitrogens is 1. The molecule has 2 rings (SSSR count). The molecule has 0 aliphatic heterocycles. The van der Waals surface area contributed by atoms with Gasteiger partial charge >= 0.3 is 0 Å². The normalized spacial score (nSPS) is 10.3. The topological polar surface area (TPSA) is 77.2 Å². The number of imidazole rings is 1. The number of aromatic amines is 1. The van der Waals surface area contributed by atoms with Crippen LogP contribution in [0.2, 0.25) is 0 Å². The third-order valence-corrected chi connectivity index (χ3v) is 1.76. The lowest BCUT2D eigenvalue weighted by Crippen LogP contribution is -1.73. The van der Waals surface area contributed by atoms with Crippen LogP contribution in [0.15, 0.2) is 46.9 Å². The van der Waals surface area contributed by atoms with Gasteiger partial charge in [0.15, 0.2) is 0 Å². The number of rotatable bonds is 2. The van der Waals surface area contributed by atoms with Gasteiger partial charge in [0, 0.05) is 12.4 Å². The molecule has 5 heteroatoms. The summed E-state index contributed by atoms with van der Waals surface area (Å²) in [5, 5.41) is 16.6. The predicted octanol–water partition coefficient (Wildman–Crippen LogP) is 2.70. The Morgan fingerprint density at radius 1 is 1.27 bits per heavy atom. The molecule has 0 aliphatic carbocycles. The number of aromatic nitrogens is 2. The maximum Gasteiger partial charge on any atom is 0.246 e. The molecule has 0 atom stereocenters. The van der Waals surface area contributed by atoms with Crippen molar-refractivity contribution in [1.29, 1.82) is 5.26 Å². The molecule has 1 aromatic heterocycles. The molecule has 1 N–H and O–H groups in total. The van der Waals surface area contributed by atoms with Crippen LogP contribution in [-0.4, -0.2) is 9.97 Å². The van der Waals surface area contributed by atoms with Crippen LogP contribution in [0.5, 0.6) is 0 Å². The minimum atomic E-state index is 0.419. The molecule has 0 spiro atoms. The fourth-order valence-corrected chi connectivity index (χ4v) is 1.07. The molecule has 1 heterocycles. The van der Waals surface area contributed by atoms with Gasteiger partial charge in [0.1, 0.15) is 11.8 Å². The summed E-state index contributed by atoms with van der Waals surface area (Å²) < 4.78 is 0. The van der Waals surface area contributed by atoms with E-state index in [0.717, 1.165) is 0 Å². The highest BCUT2D eigenvalue weighted by atomic mass is 15.2. The van der Waals surface area contributed by atoms with Gasteiger partial charge in [-0.15, -0.1) is 10.2 Å². The first-order chi connectivity index (χ1) is 7.40. The van der Waals surface area contributed by atoms with E-state index in [9.17, 15) is 0 Å². The van der Waals surface area contributed by atoms with E-state index < -0.39 is 0 Å². The zero-order valence-electron chi connectivity index (χ0n) is 7.75. The first-order valence-corrected chi connectivity index (χ1v) is 4.30. The lowest BCUT2D eigenvalue weighted by atomic mass is 10.2. The molecule has 0 fully saturated rings. The highest BCUT2D eigenvalue weighted by Gasteiger charge is 1.98. The number of nitrogens with one attached hydrogen (secondary N) is 1. The molecule has 0 unspecified atom stereocenters. The fraction of sp³-hybridized carbons (Fsp3) is 0. The Balaban J connectivity index is 2.29. The Kier molecular flexibility index (Phi) is 2.52. The maximum atomic E-state index is 8.80. The number of nitriles is 1. The quantitative estimate of drug-likeness (QED) is 0.751. The third kappa shape index (κ3) is 2.06. The van der Waals surface area contributed by atoms with Gasteiger partial charge in [0.25, 0.3) is 0 Å². The summed E-state index contributed by atoms with van der Waals surface area (Å²) in [6, 6.07) is 9.04. The van der Waals surface area contributed by atoms with Gasteiger partial charge in [0.05, 0.1) is 5.56 Å². The van der Waals surface area contributed by atoms with Crippen molar-refractivity contribution in [2.75, 3.05) is 0 Å². The Bertz CT molecular complexity index is 507. The summed E-state index contributed by atoms with van der Waals surface area (Å²) >= 11 is 0. The Morgan fingerprint density at radius 2 is 2.13 bits per heavy atom. The predicted molar refractivity (Wildman–Crippen MR) is 53.9 cm³/mol. The Hall–Kier alpha value is -2.48. The number of nitrogens with zero attached hydrogens (tertiary/aromatic N) is 4. The van der Waals surface area contributed by atoms with E-state index in [1.54, 1.807) is 36.7 Å². The van der Waals surface area contributed by atoms with Crippen molar-refractivity contribution < 1.29 is 0 Å². The number of hydrogen-bond acceptors (Lipinski definition) is 4. The van der Waals surface area contributed by atoms with Crippen molar-refractivity contribution in [3.63, 3.8) is 0 Å². The summed E-state index contributed by atoms with van der Waals surface area (Å²) in [5.74, 6) is 0.419. The maximum absolute atomic E-state index is 8.80. The van der Waals surface area contributed by atoms with Crippen LogP contribution >= 0.6 is 0 Å². The van der Waals surface area contributed by atoms with E-state index in [1.807, 2.05) is 6.07 Å². The molecule has 15 heavy (non-hydrogen) atoms. The van der Waals surface area contributed by atoms with Crippen LogP contribution in [0.1, 0.15) is 5.56 Å². The summed E-state index contributed by atoms with van der Waals surface area (Å²) in [7, 11) is 0. The minimum absolute atomic E-state index is 0.419. The summed E-state index contributed by atoms with van der Waals surface area (Å²) in [5.41, 5.74) is 1.03. The molecule has 0 bridgehead atoms. The average Bonchev–Trinajstić information content (AvgIpc) is 2.79. The van der Waals surface area contributed by atoms with Crippen LogP contribution in [-0.2, 0) is 0 Å². The molecule has 1 aromatic carbocycles.